The Morgan fingerprint density at radius 2 is 1.65 bits per heavy atom. The zero-order valence-corrected chi connectivity index (χ0v) is 21.9. The monoisotopic (exact) mass is 520 g/mol. The van der Waals surface area contributed by atoms with Crippen molar-refractivity contribution in [2.45, 2.75) is 64.7 Å². The van der Waals surface area contributed by atoms with E-state index in [-0.39, 0.29) is 23.5 Å². The first kappa shape index (κ1) is 28.3. The van der Waals surface area contributed by atoms with Gasteiger partial charge in [-0.2, -0.15) is 0 Å². The molecule has 0 unspecified atom stereocenters. The molecule has 0 fully saturated rings. The first-order chi connectivity index (χ1) is 15.4. The van der Waals surface area contributed by atoms with Crippen LogP contribution >= 0.6 is 11.6 Å². The summed E-state index contributed by atoms with van der Waals surface area (Å²) >= 11 is 6.50. The van der Waals surface area contributed by atoms with E-state index in [1.807, 2.05) is 26.0 Å². The number of sulfone groups is 1. The summed E-state index contributed by atoms with van der Waals surface area (Å²) in [5.74, 6) is 0.243. The summed E-state index contributed by atoms with van der Waals surface area (Å²) in [5.41, 5.74) is 1.86. The van der Waals surface area contributed by atoms with Crippen molar-refractivity contribution >= 4 is 21.4 Å². The Bertz CT molecular complexity index is 1100. The van der Waals surface area contributed by atoms with Gasteiger partial charge in [-0.05, 0) is 64.6 Å². The van der Waals surface area contributed by atoms with E-state index in [1.54, 1.807) is 12.1 Å². The number of hydrogen-bond acceptors (Lipinski definition) is 4. The Hall–Kier alpha value is -1.93. The third-order valence-electron chi connectivity index (χ3n) is 5.36. The lowest BCUT2D eigenvalue weighted by molar-refractivity contribution is -0.274. The van der Waals surface area contributed by atoms with Gasteiger partial charge in [-0.1, -0.05) is 58.4 Å². The van der Waals surface area contributed by atoms with E-state index in [2.05, 4.69) is 25.5 Å². The van der Waals surface area contributed by atoms with E-state index in [4.69, 9.17) is 16.3 Å². The Morgan fingerprint density at radius 1 is 1.00 bits per heavy atom. The quantitative estimate of drug-likeness (QED) is 0.338. The van der Waals surface area contributed by atoms with Gasteiger partial charge in [-0.3, -0.25) is 0 Å². The lowest BCUT2D eigenvalue weighted by Gasteiger charge is -2.31. The minimum Gasteiger partial charge on any atom is -0.492 e. The van der Waals surface area contributed by atoms with Crippen molar-refractivity contribution in [3.63, 3.8) is 0 Å². The molecule has 0 amide bonds. The maximum absolute atomic E-state index is 12.7. The normalized spacial score (nSPS) is 13.1. The van der Waals surface area contributed by atoms with Gasteiger partial charge in [0, 0.05) is 6.26 Å². The summed E-state index contributed by atoms with van der Waals surface area (Å²) in [6.07, 6.45) is -2.71. The molecular weight excluding hydrogens is 489 g/mol. The van der Waals surface area contributed by atoms with Gasteiger partial charge in [0.05, 0.1) is 17.4 Å². The molecular formula is C25H32ClF3O4S. The van der Waals surface area contributed by atoms with Crippen molar-refractivity contribution in [1.29, 1.82) is 0 Å². The van der Waals surface area contributed by atoms with Crippen LogP contribution in [0, 0.1) is 0 Å². The van der Waals surface area contributed by atoms with Crippen molar-refractivity contribution in [3.8, 4) is 11.5 Å². The zero-order valence-electron chi connectivity index (χ0n) is 20.3. The average Bonchev–Trinajstić information content (AvgIpc) is 2.63. The van der Waals surface area contributed by atoms with Gasteiger partial charge in [0.2, 0.25) is 0 Å². The Balaban J connectivity index is 2.33. The van der Waals surface area contributed by atoms with Gasteiger partial charge in [0.1, 0.15) is 21.3 Å². The second-order valence-electron chi connectivity index (χ2n) is 10.2. The fourth-order valence-electron chi connectivity index (χ4n) is 3.75. The third-order valence-corrected chi connectivity index (χ3v) is 6.69. The molecule has 4 nitrogen and oxygen atoms in total. The molecule has 0 N–H and O–H groups in total. The van der Waals surface area contributed by atoms with Crippen LogP contribution in [0.1, 0.15) is 57.7 Å². The Morgan fingerprint density at radius 3 is 2.21 bits per heavy atom. The molecule has 0 aliphatic rings. The van der Waals surface area contributed by atoms with Gasteiger partial charge < -0.3 is 9.47 Å². The highest BCUT2D eigenvalue weighted by molar-refractivity contribution is 7.90. The highest BCUT2D eigenvalue weighted by Crippen LogP contribution is 2.39. The van der Waals surface area contributed by atoms with Crippen LogP contribution in [0.15, 0.2) is 36.4 Å². The van der Waals surface area contributed by atoms with E-state index < -0.39 is 21.6 Å². The van der Waals surface area contributed by atoms with Crippen LogP contribution in [0.4, 0.5) is 13.2 Å². The molecule has 0 aliphatic carbocycles. The first-order valence-corrected chi connectivity index (χ1v) is 13.3. The molecule has 0 bridgehead atoms. The molecule has 2 aromatic rings. The molecule has 34 heavy (non-hydrogen) atoms. The summed E-state index contributed by atoms with van der Waals surface area (Å²) in [7, 11) is -3.07. The Labute approximate surface area is 205 Å². The maximum Gasteiger partial charge on any atom is 0.573 e. The number of halogens is 4. The number of rotatable bonds is 9. The molecule has 0 aliphatic heterocycles. The second kappa shape index (κ2) is 10.4. The molecule has 2 aromatic carbocycles. The lowest BCUT2D eigenvalue weighted by Crippen LogP contribution is -2.24. The average molecular weight is 521 g/mol. The zero-order chi connectivity index (χ0) is 25.9. The van der Waals surface area contributed by atoms with Gasteiger partial charge in [0.15, 0.2) is 0 Å². The molecule has 190 valence electrons. The van der Waals surface area contributed by atoms with Crippen LogP contribution in [0.5, 0.6) is 11.5 Å². The number of ether oxygens (including phenoxy) is 2. The predicted octanol–water partition coefficient (Wildman–Crippen LogP) is 6.87. The van der Waals surface area contributed by atoms with Crippen LogP contribution in [-0.2, 0) is 27.1 Å². The van der Waals surface area contributed by atoms with E-state index in [1.165, 1.54) is 18.4 Å². The highest BCUT2D eigenvalue weighted by atomic mass is 35.5. The van der Waals surface area contributed by atoms with Crippen molar-refractivity contribution in [2.24, 2.45) is 0 Å². The standard InChI is InChI=1S/C25H32ClF3O4S/c1-23(2,3)20-15-22(32-11-8-12-34(6,30)31)21(26)13-17(20)16-24(4,5)18-9-7-10-19(14-18)33-25(27,28)29/h7,9-10,13-15H,8,11-12,16H2,1-6H3. The summed E-state index contributed by atoms with van der Waals surface area (Å²) in [4.78, 5) is 0. The molecule has 0 radical (unpaired) electrons. The van der Waals surface area contributed by atoms with Gasteiger partial charge in [0.25, 0.3) is 0 Å². The number of benzene rings is 2. The molecule has 0 saturated carbocycles. The van der Waals surface area contributed by atoms with Gasteiger partial charge in [-0.15, -0.1) is 13.2 Å². The van der Waals surface area contributed by atoms with Crippen LogP contribution in [0.25, 0.3) is 0 Å². The SMILES string of the molecule is CC(C)(C)c1cc(OCCCS(C)(=O)=O)c(Cl)cc1CC(C)(C)c1cccc(OC(F)(F)F)c1. The van der Waals surface area contributed by atoms with Crippen molar-refractivity contribution < 1.29 is 31.1 Å². The molecule has 9 heteroatoms. The molecule has 2 rings (SSSR count). The van der Waals surface area contributed by atoms with Crippen LogP contribution < -0.4 is 9.47 Å². The number of alkyl halides is 3. The Kier molecular flexibility index (Phi) is 8.63. The summed E-state index contributed by atoms with van der Waals surface area (Å²) in [6, 6.07) is 9.71. The first-order valence-electron chi connectivity index (χ1n) is 10.9. The predicted molar refractivity (Wildman–Crippen MR) is 130 cm³/mol. The minimum absolute atomic E-state index is 0.0279. The fraction of sp³-hybridized carbons (Fsp3) is 0.520. The molecule has 0 saturated heterocycles. The van der Waals surface area contributed by atoms with E-state index >= 15 is 0 Å². The molecule has 0 atom stereocenters. The largest absolute Gasteiger partial charge is 0.573 e. The van der Waals surface area contributed by atoms with Gasteiger partial charge >= 0.3 is 6.36 Å². The fourth-order valence-corrected chi connectivity index (χ4v) is 4.63. The van der Waals surface area contributed by atoms with Crippen molar-refractivity contribution in [3.05, 3.63) is 58.1 Å². The lowest BCUT2D eigenvalue weighted by atomic mass is 9.74. The smallest absolute Gasteiger partial charge is 0.492 e. The third kappa shape index (κ3) is 8.69. The summed E-state index contributed by atoms with van der Waals surface area (Å²) < 4.78 is 70.6. The summed E-state index contributed by atoms with van der Waals surface area (Å²) in [5, 5.41) is 0.396. The summed E-state index contributed by atoms with van der Waals surface area (Å²) in [6.45, 7) is 10.3. The van der Waals surface area contributed by atoms with E-state index in [0.29, 0.717) is 29.2 Å². The van der Waals surface area contributed by atoms with Crippen molar-refractivity contribution in [1.82, 2.24) is 0 Å². The number of hydrogen-bond donors (Lipinski definition) is 0. The van der Waals surface area contributed by atoms with E-state index in [0.717, 1.165) is 11.1 Å². The molecule has 0 heterocycles. The van der Waals surface area contributed by atoms with Crippen LogP contribution in [0.3, 0.4) is 0 Å². The van der Waals surface area contributed by atoms with E-state index in [9.17, 15) is 21.6 Å². The van der Waals surface area contributed by atoms with Crippen molar-refractivity contribution in [2.75, 3.05) is 18.6 Å². The maximum atomic E-state index is 12.7. The van der Waals surface area contributed by atoms with Crippen LogP contribution in [0.2, 0.25) is 5.02 Å². The highest BCUT2D eigenvalue weighted by Gasteiger charge is 2.32. The molecule has 0 aromatic heterocycles. The van der Waals surface area contributed by atoms with Crippen LogP contribution in [-0.4, -0.2) is 33.4 Å². The van der Waals surface area contributed by atoms with Gasteiger partial charge in [-0.25, -0.2) is 8.42 Å². The minimum atomic E-state index is -4.76. The second-order valence-corrected chi connectivity index (χ2v) is 12.8. The topological polar surface area (TPSA) is 52.6 Å². The molecule has 0 spiro atoms.